The number of rotatable bonds is 7. The largest absolute Gasteiger partial charge is 0.409 e. The molecule has 0 radical (unpaired) electrons. The summed E-state index contributed by atoms with van der Waals surface area (Å²) < 4.78 is 0. The Kier molecular flexibility index (Phi) is 6.72. The molecule has 0 fully saturated rings. The fourth-order valence-electron chi connectivity index (χ4n) is 2.06. The first-order valence-corrected chi connectivity index (χ1v) is 7.32. The number of hydrogen-bond acceptors (Lipinski definition) is 3. The van der Waals surface area contributed by atoms with Gasteiger partial charge in [-0.05, 0) is 31.4 Å². The Hall–Kier alpha value is -2.04. The first-order chi connectivity index (χ1) is 9.93. The minimum atomic E-state index is -0.0990. The van der Waals surface area contributed by atoms with Gasteiger partial charge >= 0.3 is 0 Å². The highest BCUT2D eigenvalue weighted by Gasteiger charge is 2.10. The second-order valence-electron chi connectivity index (χ2n) is 5.76. The van der Waals surface area contributed by atoms with Gasteiger partial charge in [0, 0.05) is 17.2 Å². The number of amides is 1. The fraction of sp³-hybridized carbons (Fsp3) is 0.500. The Balaban J connectivity index is 2.51. The average Bonchev–Trinajstić information content (AvgIpc) is 2.46. The van der Waals surface area contributed by atoms with E-state index in [4.69, 9.17) is 10.9 Å². The predicted octanol–water partition coefficient (Wildman–Crippen LogP) is 2.73. The van der Waals surface area contributed by atoms with Crippen molar-refractivity contribution < 1.29 is 10.0 Å². The van der Waals surface area contributed by atoms with Crippen molar-refractivity contribution in [1.29, 1.82) is 0 Å². The van der Waals surface area contributed by atoms with Gasteiger partial charge in [-0.3, -0.25) is 4.79 Å². The first-order valence-electron chi connectivity index (χ1n) is 7.32. The van der Waals surface area contributed by atoms with E-state index in [1.807, 2.05) is 6.92 Å². The summed E-state index contributed by atoms with van der Waals surface area (Å²) in [4.78, 5) is 12.1. The molecule has 0 saturated heterocycles. The number of amidine groups is 1. The number of hydrogen-bond donors (Lipinski definition) is 3. The highest BCUT2D eigenvalue weighted by molar-refractivity contribution is 5.99. The number of carbonyl (C=O) groups excluding carboxylic acids is 1. The third-order valence-electron chi connectivity index (χ3n) is 3.35. The van der Waals surface area contributed by atoms with Crippen LogP contribution in [0.2, 0.25) is 0 Å². The lowest BCUT2D eigenvalue weighted by Gasteiger charge is -2.14. The van der Waals surface area contributed by atoms with Gasteiger partial charge in [-0.2, -0.15) is 0 Å². The van der Waals surface area contributed by atoms with Gasteiger partial charge in [0.25, 0.3) is 5.91 Å². The molecule has 0 spiro atoms. The Labute approximate surface area is 126 Å². The molecule has 1 aromatic rings. The molecule has 0 aliphatic rings. The third kappa shape index (κ3) is 5.85. The summed E-state index contributed by atoms with van der Waals surface area (Å²) in [7, 11) is 0. The van der Waals surface area contributed by atoms with Gasteiger partial charge in [-0.25, -0.2) is 0 Å². The molecule has 0 aromatic heterocycles. The predicted molar refractivity (Wildman–Crippen MR) is 84.6 cm³/mol. The van der Waals surface area contributed by atoms with E-state index >= 15 is 0 Å². The summed E-state index contributed by atoms with van der Waals surface area (Å²) in [6, 6.07) is 6.81. The lowest BCUT2D eigenvalue weighted by molar-refractivity contribution is 0.0938. The zero-order chi connectivity index (χ0) is 15.8. The average molecular weight is 291 g/mol. The van der Waals surface area contributed by atoms with Gasteiger partial charge in [0.15, 0.2) is 5.84 Å². The highest BCUT2D eigenvalue weighted by atomic mass is 16.4. The smallest absolute Gasteiger partial charge is 0.251 e. The summed E-state index contributed by atoms with van der Waals surface area (Å²) in [5.41, 5.74) is 6.63. The molecule has 0 saturated carbocycles. The maximum Gasteiger partial charge on any atom is 0.251 e. The van der Waals surface area contributed by atoms with E-state index in [1.54, 1.807) is 24.3 Å². The van der Waals surface area contributed by atoms with Crippen molar-refractivity contribution in [2.24, 2.45) is 16.8 Å². The van der Waals surface area contributed by atoms with Crippen molar-refractivity contribution in [3.05, 3.63) is 35.4 Å². The molecule has 0 heterocycles. The van der Waals surface area contributed by atoms with Crippen LogP contribution in [0.3, 0.4) is 0 Å². The van der Waals surface area contributed by atoms with E-state index in [0.717, 1.165) is 12.8 Å². The molecule has 0 bridgehead atoms. The van der Waals surface area contributed by atoms with Crippen LogP contribution in [0.1, 0.15) is 56.0 Å². The number of nitrogens with two attached hydrogens (primary N) is 1. The molecule has 1 amide bonds. The van der Waals surface area contributed by atoms with Gasteiger partial charge in [0.1, 0.15) is 0 Å². The molecule has 4 N–H and O–H groups in total. The van der Waals surface area contributed by atoms with Gasteiger partial charge in [0.05, 0.1) is 0 Å². The molecular weight excluding hydrogens is 266 g/mol. The monoisotopic (exact) mass is 291 g/mol. The second kappa shape index (κ2) is 8.29. The van der Waals surface area contributed by atoms with Gasteiger partial charge in [-0.15, -0.1) is 0 Å². The zero-order valence-electron chi connectivity index (χ0n) is 13.0. The van der Waals surface area contributed by atoms with Crippen LogP contribution >= 0.6 is 0 Å². The maximum atomic E-state index is 12.1. The van der Waals surface area contributed by atoms with Crippen LogP contribution < -0.4 is 11.1 Å². The van der Waals surface area contributed by atoms with E-state index in [2.05, 4.69) is 24.3 Å². The van der Waals surface area contributed by atoms with Crippen LogP contribution in [-0.2, 0) is 0 Å². The highest BCUT2D eigenvalue weighted by Crippen LogP contribution is 2.09. The molecule has 5 heteroatoms. The number of oxime groups is 1. The van der Waals surface area contributed by atoms with Crippen molar-refractivity contribution in [2.75, 3.05) is 0 Å². The van der Waals surface area contributed by atoms with Crippen LogP contribution in [0.4, 0.5) is 0 Å². The lowest BCUT2D eigenvalue weighted by Crippen LogP contribution is -2.32. The van der Waals surface area contributed by atoms with Crippen LogP contribution in [0, 0.1) is 5.92 Å². The molecule has 5 nitrogen and oxygen atoms in total. The summed E-state index contributed by atoms with van der Waals surface area (Å²) in [6.45, 7) is 6.42. The van der Waals surface area contributed by atoms with E-state index in [1.165, 1.54) is 6.42 Å². The Morgan fingerprint density at radius 3 is 2.29 bits per heavy atom. The first kappa shape index (κ1) is 17.0. The number of carbonyl (C=O) groups is 1. The van der Waals surface area contributed by atoms with Crippen molar-refractivity contribution in [3.63, 3.8) is 0 Å². The third-order valence-corrected chi connectivity index (χ3v) is 3.35. The SMILES string of the molecule is CC(C)CCCC(C)NC(=O)c1ccc(C(N)=NO)cc1. The minimum absolute atomic E-state index is 0.0315. The van der Waals surface area contributed by atoms with Crippen LogP contribution in [-0.4, -0.2) is 23.0 Å². The number of nitrogens with one attached hydrogen (secondary N) is 1. The standard InChI is InChI=1S/C16H25N3O2/c1-11(2)5-4-6-12(3)18-16(20)14-9-7-13(8-10-14)15(17)19-21/h7-12,21H,4-6H2,1-3H3,(H2,17,19)(H,18,20). The van der Waals surface area contributed by atoms with Crippen molar-refractivity contribution in [3.8, 4) is 0 Å². The zero-order valence-corrected chi connectivity index (χ0v) is 13.0. The molecule has 1 atom stereocenters. The normalized spacial score (nSPS) is 13.2. The molecule has 0 aliphatic heterocycles. The van der Waals surface area contributed by atoms with E-state index in [9.17, 15) is 4.79 Å². The molecule has 1 unspecified atom stereocenters. The fourth-order valence-corrected chi connectivity index (χ4v) is 2.06. The van der Waals surface area contributed by atoms with E-state index in [-0.39, 0.29) is 17.8 Å². The van der Waals surface area contributed by atoms with Gasteiger partial charge in [-0.1, -0.05) is 44.0 Å². The molecular formula is C16H25N3O2. The molecule has 0 aliphatic carbocycles. The quantitative estimate of drug-likeness (QED) is 0.312. The number of benzene rings is 1. The Morgan fingerprint density at radius 1 is 1.19 bits per heavy atom. The molecule has 116 valence electrons. The number of nitrogens with zero attached hydrogens (tertiary/aromatic N) is 1. The summed E-state index contributed by atoms with van der Waals surface area (Å²) in [5.74, 6) is 0.626. The molecule has 21 heavy (non-hydrogen) atoms. The summed E-state index contributed by atoms with van der Waals surface area (Å²) in [6.07, 6.45) is 3.27. The van der Waals surface area contributed by atoms with E-state index < -0.39 is 0 Å². The second-order valence-corrected chi connectivity index (χ2v) is 5.76. The van der Waals surface area contributed by atoms with Crippen LogP contribution in [0.5, 0.6) is 0 Å². The van der Waals surface area contributed by atoms with E-state index in [0.29, 0.717) is 17.0 Å². The minimum Gasteiger partial charge on any atom is -0.409 e. The Morgan fingerprint density at radius 2 is 1.76 bits per heavy atom. The van der Waals surface area contributed by atoms with Crippen molar-refractivity contribution in [2.45, 2.75) is 46.1 Å². The lowest BCUT2D eigenvalue weighted by atomic mass is 10.0. The Bertz CT molecular complexity index is 481. The van der Waals surface area contributed by atoms with Gasteiger partial charge in [0.2, 0.25) is 0 Å². The van der Waals surface area contributed by atoms with Crippen molar-refractivity contribution >= 4 is 11.7 Å². The molecule has 1 aromatic carbocycles. The molecule has 1 rings (SSSR count). The van der Waals surface area contributed by atoms with Crippen LogP contribution in [0.25, 0.3) is 0 Å². The summed E-state index contributed by atoms with van der Waals surface area (Å²) in [5, 5.41) is 14.5. The summed E-state index contributed by atoms with van der Waals surface area (Å²) >= 11 is 0. The van der Waals surface area contributed by atoms with Crippen molar-refractivity contribution in [1.82, 2.24) is 5.32 Å². The topological polar surface area (TPSA) is 87.7 Å². The van der Waals surface area contributed by atoms with Crippen LogP contribution in [0.15, 0.2) is 29.4 Å². The van der Waals surface area contributed by atoms with Gasteiger partial charge < -0.3 is 16.3 Å². The maximum absolute atomic E-state index is 12.1.